The summed E-state index contributed by atoms with van der Waals surface area (Å²) in [6.07, 6.45) is 0.986. The smallest absolute Gasteiger partial charge is 0 e. The molecule has 0 saturated carbocycles. The standard InChI is InChI=1S/C3H8N.W/c1-2-3-4;/h4H,2-3H2,1H3;/q-1;. The quantitative estimate of drug-likeness (QED) is 0.664. The first-order chi connectivity index (χ1) is 1.91. The van der Waals surface area contributed by atoms with Gasteiger partial charge in [0.15, 0.2) is 0 Å². The van der Waals surface area contributed by atoms with E-state index in [0.717, 1.165) is 6.42 Å². The van der Waals surface area contributed by atoms with Gasteiger partial charge in [-0.2, -0.15) is 6.54 Å². The molecule has 0 fully saturated rings. The van der Waals surface area contributed by atoms with Crippen LogP contribution in [0.1, 0.15) is 13.3 Å². The summed E-state index contributed by atoms with van der Waals surface area (Å²) in [7, 11) is 0. The van der Waals surface area contributed by atoms with Gasteiger partial charge in [0.05, 0.1) is 0 Å². The van der Waals surface area contributed by atoms with Crippen LogP contribution >= 0.6 is 0 Å². The van der Waals surface area contributed by atoms with Gasteiger partial charge in [-0.1, -0.05) is 13.3 Å². The van der Waals surface area contributed by atoms with E-state index < -0.39 is 0 Å². The van der Waals surface area contributed by atoms with Crippen LogP contribution in [0.15, 0.2) is 0 Å². The molecule has 0 heterocycles. The molecular weight excluding hydrogens is 234 g/mol. The molecule has 0 aliphatic heterocycles. The van der Waals surface area contributed by atoms with Gasteiger partial charge in [-0.3, -0.25) is 0 Å². The molecule has 0 amide bonds. The molecule has 0 aliphatic carbocycles. The topological polar surface area (TPSA) is 23.8 Å². The number of rotatable bonds is 1. The van der Waals surface area contributed by atoms with E-state index in [1.165, 1.54) is 0 Å². The second-order valence-electron chi connectivity index (χ2n) is 0.750. The molecule has 0 aromatic heterocycles. The van der Waals surface area contributed by atoms with Crippen LogP contribution in [0.5, 0.6) is 0 Å². The van der Waals surface area contributed by atoms with E-state index in [9.17, 15) is 0 Å². The Morgan fingerprint density at radius 3 is 1.80 bits per heavy atom. The summed E-state index contributed by atoms with van der Waals surface area (Å²) in [4.78, 5) is 0. The Kier molecular flexibility index (Phi) is 16.2. The van der Waals surface area contributed by atoms with Crippen molar-refractivity contribution in [3.63, 3.8) is 0 Å². The summed E-state index contributed by atoms with van der Waals surface area (Å²) in [6.45, 7) is 2.56. The number of nitrogens with one attached hydrogen (secondary N) is 1. The first-order valence-corrected chi connectivity index (χ1v) is 1.56. The maximum atomic E-state index is 6.45. The minimum absolute atomic E-state index is 0. The van der Waals surface area contributed by atoms with E-state index >= 15 is 0 Å². The molecule has 1 N–H and O–H groups in total. The Morgan fingerprint density at radius 1 is 1.60 bits per heavy atom. The van der Waals surface area contributed by atoms with Crippen molar-refractivity contribution in [2.75, 3.05) is 6.54 Å². The zero-order valence-corrected chi connectivity index (χ0v) is 6.26. The molecule has 0 aromatic rings. The molecular formula is C3H8NW-. The molecule has 0 aliphatic rings. The normalized spacial score (nSPS) is 6.00. The van der Waals surface area contributed by atoms with Crippen molar-refractivity contribution in [1.82, 2.24) is 0 Å². The Labute approximate surface area is 47.2 Å². The largest absolute Gasteiger partial charge is 0.677 e. The maximum absolute atomic E-state index is 6.45. The third kappa shape index (κ3) is 12.0. The van der Waals surface area contributed by atoms with Crippen LogP contribution in [-0.2, 0) is 21.1 Å². The van der Waals surface area contributed by atoms with Crippen LogP contribution in [0.4, 0.5) is 0 Å². The number of hydrogen-bond acceptors (Lipinski definition) is 0. The molecule has 0 saturated heterocycles. The van der Waals surface area contributed by atoms with E-state index in [2.05, 4.69) is 0 Å². The van der Waals surface area contributed by atoms with Crippen molar-refractivity contribution in [3.05, 3.63) is 5.73 Å². The van der Waals surface area contributed by atoms with Crippen LogP contribution in [0.3, 0.4) is 0 Å². The molecule has 0 unspecified atom stereocenters. The average molecular weight is 242 g/mol. The van der Waals surface area contributed by atoms with E-state index in [-0.39, 0.29) is 21.1 Å². The number of hydrogen-bond donors (Lipinski definition) is 0. The van der Waals surface area contributed by atoms with Gasteiger partial charge in [-0.05, 0) is 0 Å². The average Bonchev–Trinajstić information content (AvgIpc) is 1.37. The Hall–Kier alpha value is 0.648. The van der Waals surface area contributed by atoms with Gasteiger partial charge in [-0.25, -0.2) is 0 Å². The Morgan fingerprint density at radius 2 is 1.80 bits per heavy atom. The molecule has 0 rings (SSSR count). The minimum atomic E-state index is 0. The van der Waals surface area contributed by atoms with Crippen molar-refractivity contribution in [2.24, 2.45) is 0 Å². The molecule has 0 atom stereocenters. The minimum Gasteiger partial charge on any atom is -0.677 e. The first kappa shape index (κ1) is 9.17. The van der Waals surface area contributed by atoms with Crippen LogP contribution in [-0.4, -0.2) is 6.54 Å². The third-order valence-electron chi connectivity index (χ3n) is 0.250. The van der Waals surface area contributed by atoms with Crippen molar-refractivity contribution in [3.8, 4) is 0 Å². The summed E-state index contributed by atoms with van der Waals surface area (Å²) < 4.78 is 0. The Bertz CT molecular complexity index is 8.85. The third-order valence-corrected chi connectivity index (χ3v) is 0.250. The summed E-state index contributed by atoms with van der Waals surface area (Å²) in [5.41, 5.74) is 6.45. The molecule has 2 heteroatoms. The van der Waals surface area contributed by atoms with Crippen molar-refractivity contribution >= 4 is 0 Å². The van der Waals surface area contributed by atoms with Gasteiger partial charge < -0.3 is 5.73 Å². The monoisotopic (exact) mass is 242 g/mol. The second-order valence-corrected chi connectivity index (χ2v) is 0.750. The SMILES string of the molecule is CCC[NH-].[W]. The van der Waals surface area contributed by atoms with Crippen molar-refractivity contribution in [1.29, 1.82) is 0 Å². The van der Waals surface area contributed by atoms with Crippen LogP contribution in [0.2, 0.25) is 0 Å². The molecule has 0 radical (unpaired) electrons. The van der Waals surface area contributed by atoms with Gasteiger partial charge >= 0.3 is 0 Å². The molecule has 0 aromatic carbocycles. The van der Waals surface area contributed by atoms with Gasteiger partial charge in [0, 0.05) is 21.1 Å². The molecule has 32 valence electrons. The van der Waals surface area contributed by atoms with Crippen LogP contribution in [0, 0.1) is 0 Å². The second kappa shape index (κ2) is 8.82. The van der Waals surface area contributed by atoms with Gasteiger partial charge in [0.1, 0.15) is 0 Å². The van der Waals surface area contributed by atoms with Crippen LogP contribution in [0.25, 0.3) is 5.73 Å². The van der Waals surface area contributed by atoms with Crippen LogP contribution < -0.4 is 0 Å². The molecule has 1 nitrogen and oxygen atoms in total. The van der Waals surface area contributed by atoms with E-state index in [0.29, 0.717) is 6.54 Å². The fourth-order valence-corrected chi connectivity index (χ4v) is 0. The predicted octanol–water partition coefficient (Wildman–Crippen LogP) is 1.45. The maximum Gasteiger partial charge on any atom is 0 e. The van der Waals surface area contributed by atoms with Crippen molar-refractivity contribution in [2.45, 2.75) is 13.3 Å². The van der Waals surface area contributed by atoms with Gasteiger partial charge in [0.2, 0.25) is 0 Å². The zero-order chi connectivity index (χ0) is 3.41. The van der Waals surface area contributed by atoms with Gasteiger partial charge in [-0.15, -0.1) is 0 Å². The summed E-state index contributed by atoms with van der Waals surface area (Å²) in [5, 5.41) is 0. The zero-order valence-electron chi connectivity index (χ0n) is 3.32. The molecule has 5 heavy (non-hydrogen) atoms. The fourth-order valence-electron chi connectivity index (χ4n) is 0. The summed E-state index contributed by atoms with van der Waals surface area (Å²) in [6, 6.07) is 0. The fraction of sp³-hybridized carbons (Fsp3) is 1.00. The molecule has 0 bridgehead atoms. The van der Waals surface area contributed by atoms with Gasteiger partial charge in [0.25, 0.3) is 0 Å². The van der Waals surface area contributed by atoms with E-state index in [1.54, 1.807) is 0 Å². The Balaban J connectivity index is 0. The first-order valence-electron chi connectivity index (χ1n) is 1.56. The van der Waals surface area contributed by atoms with Crippen molar-refractivity contribution < 1.29 is 21.1 Å². The summed E-state index contributed by atoms with van der Waals surface area (Å²) in [5.74, 6) is 0. The van der Waals surface area contributed by atoms with E-state index in [4.69, 9.17) is 5.73 Å². The predicted molar refractivity (Wildman–Crippen MR) is 19.5 cm³/mol. The summed E-state index contributed by atoms with van der Waals surface area (Å²) >= 11 is 0. The molecule has 0 spiro atoms. The van der Waals surface area contributed by atoms with E-state index in [1.807, 2.05) is 6.92 Å².